The van der Waals surface area contributed by atoms with Crippen LogP contribution in [0.5, 0.6) is 11.5 Å². The van der Waals surface area contributed by atoms with Crippen molar-refractivity contribution in [1.29, 1.82) is 0 Å². The number of rotatable bonds is 3. The maximum atomic E-state index is 11.7. The Balaban J connectivity index is 2.53. The molecule has 0 saturated heterocycles. The van der Waals surface area contributed by atoms with Gasteiger partial charge < -0.3 is 21.3 Å². The SMILES string of the molecule is COc1cccc(N(C(N)=O)c2ccc(N)cc2O)c1. The Morgan fingerprint density at radius 1 is 1.25 bits per heavy atom. The summed E-state index contributed by atoms with van der Waals surface area (Å²) in [6.45, 7) is 0. The van der Waals surface area contributed by atoms with Crippen molar-refractivity contribution >= 4 is 23.1 Å². The fraction of sp³-hybridized carbons (Fsp3) is 0.0714. The molecule has 0 saturated carbocycles. The van der Waals surface area contributed by atoms with Crippen molar-refractivity contribution in [2.24, 2.45) is 5.73 Å². The molecule has 0 atom stereocenters. The lowest BCUT2D eigenvalue weighted by molar-refractivity contribution is 0.256. The van der Waals surface area contributed by atoms with Crippen LogP contribution in [0.4, 0.5) is 21.9 Å². The minimum Gasteiger partial charge on any atom is -0.506 e. The predicted octanol–water partition coefficient (Wildman–Crippen LogP) is 2.20. The number of urea groups is 1. The lowest BCUT2D eigenvalue weighted by Gasteiger charge is -2.22. The monoisotopic (exact) mass is 273 g/mol. The number of methoxy groups -OCH3 is 1. The third-order valence-corrected chi connectivity index (χ3v) is 2.77. The van der Waals surface area contributed by atoms with E-state index in [1.807, 2.05) is 0 Å². The van der Waals surface area contributed by atoms with Crippen LogP contribution in [0.2, 0.25) is 0 Å². The summed E-state index contributed by atoms with van der Waals surface area (Å²) < 4.78 is 5.11. The molecule has 0 unspecified atom stereocenters. The third kappa shape index (κ3) is 2.59. The first-order valence-electron chi connectivity index (χ1n) is 5.85. The second kappa shape index (κ2) is 5.40. The number of carbonyl (C=O) groups is 1. The zero-order valence-electron chi connectivity index (χ0n) is 10.9. The summed E-state index contributed by atoms with van der Waals surface area (Å²) in [5.74, 6) is 0.440. The number of primary amides is 1. The highest BCUT2D eigenvalue weighted by atomic mass is 16.5. The quantitative estimate of drug-likeness (QED) is 0.746. The number of benzene rings is 2. The summed E-state index contributed by atoms with van der Waals surface area (Å²) in [5, 5.41) is 9.94. The Labute approximate surface area is 116 Å². The second-order valence-electron chi connectivity index (χ2n) is 4.12. The summed E-state index contributed by atoms with van der Waals surface area (Å²) in [6, 6.07) is 10.5. The summed E-state index contributed by atoms with van der Waals surface area (Å²) in [4.78, 5) is 12.9. The smallest absolute Gasteiger partial charge is 0.324 e. The van der Waals surface area contributed by atoms with Crippen LogP contribution in [0, 0.1) is 0 Å². The molecule has 2 amide bonds. The van der Waals surface area contributed by atoms with Crippen LogP contribution in [0.25, 0.3) is 0 Å². The molecule has 20 heavy (non-hydrogen) atoms. The number of phenols is 1. The van der Waals surface area contributed by atoms with E-state index in [2.05, 4.69) is 0 Å². The van der Waals surface area contributed by atoms with Gasteiger partial charge >= 0.3 is 6.03 Å². The van der Waals surface area contributed by atoms with Gasteiger partial charge in [-0.15, -0.1) is 0 Å². The van der Waals surface area contributed by atoms with E-state index < -0.39 is 6.03 Å². The molecule has 0 bridgehead atoms. The maximum absolute atomic E-state index is 11.7. The Morgan fingerprint density at radius 3 is 2.60 bits per heavy atom. The van der Waals surface area contributed by atoms with E-state index in [0.717, 1.165) is 0 Å². The molecule has 0 aliphatic rings. The zero-order chi connectivity index (χ0) is 14.7. The van der Waals surface area contributed by atoms with Crippen molar-refractivity contribution in [3.8, 4) is 11.5 Å². The summed E-state index contributed by atoms with van der Waals surface area (Å²) in [6.07, 6.45) is 0. The van der Waals surface area contributed by atoms with E-state index >= 15 is 0 Å². The largest absolute Gasteiger partial charge is 0.506 e. The molecule has 6 heteroatoms. The molecule has 0 aliphatic heterocycles. The number of hydrogen-bond donors (Lipinski definition) is 3. The van der Waals surface area contributed by atoms with Gasteiger partial charge in [0, 0.05) is 17.8 Å². The molecule has 5 N–H and O–H groups in total. The van der Waals surface area contributed by atoms with Gasteiger partial charge in [-0.2, -0.15) is 0 Å². The van der Waals surface area contributed by atoms with Crippen LogP contribution < -0.4 is 21.1 Å². The lowest BCUT2D eigenvalue weighted by Crippen LogP contribution is -2.31. The van der Waals surface area contributed by atoms with Crippen molar-refractivity contribution in [3.63, 3.8) is 0 Å². The molecule has 2 rings (SSSR count). The maximum Gasteiger partial charge on any atom is 0.324 e. The van der Waals surface area contributed by atoms with Crippen LogP contribution in [-0.4, -0.2) is 18.2 Å². The van der Waals surface area contributed by atoms with Gasteiger partial charge in [0.15, 0.2) is 0 Å². The summed E-state index contributed by atoms with van der Waals surface area (Å²) in [5.41, 5.74) is 12.1. The van der Waals surface area contributed by atoms with Gasteiger partial charge in [0.25, 0.3) is 0 Å². The first kappa shape index (κ1) is 13.5. The van der Waals surface area contributed by atoms with Crippen molar-refractivity contribution in [3.05, 3.63) is 42.5 Å². The topological polar surface area (TPSA) is 102 Å². The normalized spacial score (nSPS) is 10.1. The van der Waals surface area contributed by atoms with Crippen molar-refractivity contribution in [1.82, 2.24) is 0 Å². The van der Waals surface area contributed by atoms with Gasteiger partial charge in [-0.05, 0) is 24.3 Å². The van der Waals surface area contributed by atoms with Gasteiger partial charge in [-0.25, -0.2) is 4.79 Å². The standard InChI is InChI=1S/C14H15N3O3/c1-20-11-4-2-3-10(8-11)17(14(16)19)12-6-5-9(15)7-13(12)18/h2-8,18H,15H2,1H3,(H2,16,19). The van der Waals surface area contributed by atoms with Gasteiger partial charge in [-0.1, -0.05) is 6.07 Å². The zero-order valence-corrected chi connectivity index (χ0v) is 10.9. The third-order valence-electron chi connectivity index (χ3n) is 2.77. The first-order chi connectivity index (χ1) is 9.52. The molecule has 2 aromatic rings. The number of amides is 2. The molecule has 0 spiro atoms. The molecule has 0 aliphatic carbocycles. The number of ether oxygens (including phenoxy) is 1. The summed E-state index contributed by atoms with van der Waals surface area (Å²) in [7, 11) is 1.52. The Morgan fingerprint density at radius 2 is 2.00 bits per heavy atom. The van der Waals surface area contributed by atoms with Crippen molar-refractivity contribution < 1.29 is 14.6 Å². The van der Waals surface area contributed by atoms with Gasteiger partial charge in [0.2, 0.25) is 0 Å². The summed E-state index contributed by atoms with van der Waals surface area (Å²) >= 11 is 0. The molecular weight excluding hydrogens is 258 g/mol. The number of nitrogen functional groups attached to an aromatic ring is 1. The highest BCUT2D eigenvalue weighted by Crippen LogP contribution is 2.35. The van der Waals surface area contributed by atoms with Crippen LogP contribution in [0.1, 0.15) is 0 Å². The van der Waals surface area contributed by atoms with Gasteiger partial charge in [-0.3, -0.25) is 4.90 Å². The second-order valence-corrected chi connectivity index (χ2v) is 4.12. The van der Waals surface area contributed by atoms with Crippen LogP contribution in [-0.2, 0) is 0 Å². The molecule has 2 aromatic carbocycles. The number of hydrogen-bond acceptors (Lipinski definition) is 4. The van der Waals surface area contributed by atoms with Crippen molar-refractivity contribution in [2.45, 2.75) is 0 Å². The molecular formula is C14H15N3O3. The Hall–Kier alpha value is -2.89. The lowest BCUT2D eigenvalue weighted by atomic mass is 10.2. The highest BCUT2D eigenvalue weighted by molar-refractivity contribution is 6.00. The van der Waals surface area contributed by atoms with Gasteiger partial charge in [0.1, 0.15) is 11.5 Å². The van der Waals surface area contributed by atoms with E-state index in [9.17, 15) is 9.90 Å². The average molecular weight is 273 g/mol. The fourth-order valence-electron chi connectivity index (χ4n) is 1.86. The average Bonchev–Trinajstić information content (AvgIpc) is 2.41. The van der Waals surface area contributed by atoms with Crippen LogP contribution in [0.15, 0.2) is 42.5 Å². The van der Waals surface area contributed by atoms with E-state index in [4.69, 9.17) is 16.2 Å². The number of nitrogens with zero attached hydrogens (tertiary/aromatic N) is 1. The number of aromatic hydroxyl groups is 1. The number of anilines is 3. The van der Waals surface area contributed by atoms with E-state index in [1.54, 1.807) is 30.3 Å². The molecule has 0 heterocycles. The molecule has 0 fully saturated rings. The molecule has 104 valence electrons. The van der Waals surface area contributed by atoms with Crippen LogP contribution >= 0.6 is 0 Å². The van der Waals surface area contributed by atoms with E-state index in [0.29, 0.717) is 17.1 Å². The van der Waals surface area contributed by atoms with Crippen LogP contribution in [0.3, 0.4) is 0 Å². The molecule has 0 radical (unpaired) electrons. The fourth-order valence-corrected chi connectivity index (χ4v) is 1.86. The minimum atomic E-state index is -0.724. The van der Waals surface area contributed by atoms with E-state index in [-0.39, 0.29) is 11.4 Å². The highest BCUT2D eigenvalue weighted by Gasteiger charge is 2.19. The molecule has 0 aromatic heterocycles. The first-order valence-corrected chi connectivity index (χ1v) is 5.85. The Kier molecular flexibility index (Phi) is 3.65. The Bertz CT molecular complexity index is 643. The molecule has 6 nitrogen and oxygen atoms in total. The van der Waals surface area contributed by atoms with E-state index in [1.165, 1.54) is 24.1 Å². The van der Waals surface area contributed by atoms with Gasteiger partial charge in [0.05, 0.1) is 18.5 Å². The number of phenolic OH excluding ortho intramolecular Hbond substituents is 1. The number of carbonyl (C=O) groups excluding carboxylic acids is 1. The number of nitrogens with two attached hydrogens (primary N) is 2. The van der Waals surface area contributed by atoms with Crippen molar-refractivity contribution in [2.75, 3.05) is 17.7 Å². The minimum absolute atomic E-state index is 0.133. The predicted molar refractivity (Wildman–Crippen MR) is 77.2 cm³/mol.